The van der Waals surface area contributed by atoms with Crippen molar-refractivity contribution >= 4 is 52.8 Å². The highest BCUT2D eigenvalue weighted by molar-refractivity contribution is 6.67. The lowest BCUT2D eigenvalue weighted by Gasteiger charge is -2.18. The summed E-state index contributed by atoms with van der Waals surface area (Å²) < 4.78 is 12.2. The number of ether oxygens (including phenoxy) is 3. The van der Waals surface area contributed by atoms with Crippen LogP contribution in [-0.2, 0) is 23.8 Å². The van der Waals surface area contributed by atoms with E-state index in [1.165, 1.54) is 0 Å². The van der Waals surface area contributed by atoms with Crippen LogP contribution in [0.4, 0.5) is 4.79 Å². The fourth-order valence-electron chi connectivity index (χ4n) is 0.991. The van der Waals surface area contributed by atoms with Crippen LogP contribution in [0.25, 0.3) is 0 Å². The predicted octanol–water partition coefficient (Wildman–Crippen LogP) is 2.32. The summed E-state index contributed by atoms with van der Waals surface area (Å²) >= 11 is 16.2. The Morgan fingerprint density at radius 2 is 1.81 bits per heavy atom. The third-order valence-corrected chi connectivity index (χ3v) is 2.18. The van der Waals surface area contributed by atoms with Gasteiger partial charge in [-0.2, -0.15) is 0 Å². The molecule has 0 aliphatic carbocycles. The Kier molecular flexibility index (Phi) is 9.48. The van der Waals surface area contributed by atoms with Gasteiger partial charge in [-0.25, -0.2) is 9.59 Å². The van der Waals surface area contributed by atoms with Gasteiger partial charge in [-0.15, -0.1) is 0 Å². The van der Waals surface area contributed by atoms with Crippen molar-refractivity contribution < 1.29 is 28.6 Å². The maximum Gasteiger partial charge on any atom is 0.410 e. The summed E-state index contributed by atoms with van der Waals surface area (Å²) in [6, 6.07) is 0. The molecule has 0 spiro atoms. The number of halogens is 3. The predicted molar refractivity (Wildman–Crippen MR) is 76.2 cm³/mol. The molecule has 7 nitrogen and oxygen atoms in total. The Morgan fingerprint density at radius 1 is 1.19 bits per heavy atom. The van der Waals surface area contributed by atoms with Crippen LogP contribution >= 0.6 is 34.8 Å². The van der Waals surface area contributed by atoms with Crippen LogP contribution in [0.5, 0.6) is 0 Å². The Morgan fingerprint density at radius 3 is 2.29 bits per heavy atom. The first kappa shape index (κ1) is 20.1. The summed E-state index contributed by atoms with van der Waals surface area (Å²) in [5.74, 6) is -1.71. The Hall–Kier alpha value is -0.920. The molecule has 0 aromatic rings. The molecule has 1 N–H and O–H groups in total. The summed E-state index contributed by atoms with van der Waals surface area (Å²) in [7, 11) is 0. The van der Waals surface area contributed by atoms with Gasteiger partial charge in [0, 0.05) is 6.92 Å². The van der Waals surface area contributed by atoms with Crippen molar-refractivity contribution in [1.82, 2.24) is 5.32 Å². The molecule has 0 saturated heterocycles. The second kappa shape index (κ2) is 9.92. The van der Waals surface area contributed by atoms with E-state index in [2.05, 4.69) is 9.47 Å². The molecule has 1 unspecified atom stereocenters. The van der Waals surface area contributed by atoms with Crippen LogP contribution in [0.2, 0.25) is 0 Å². The second-order valence-electron chi connectivity index (χ2n) is 3.85. The Labute approximate surface area is 137 Å². The molecule has 0 bridgehead atoms. The summed E-state index contributed by atoms with van der Waals surface area (Å²) in [5.41, 5.74) is 0. The zero-order valence-corrected chi connectivity index (χ0v) is 13.8. The third kappa shape index (κ3) is 11.4. The molecule has 0 aromatic carbocycles. The van der Waals surface area contributed by atoms with Gasteiger partial charge in [-0.05, 0) is 6.42 Å². The summed E-state index contributed by atoms with van der Waals surface area (Å²) in [6.45, 7) is 2.57. The quantitative estimate of drug-likeness (QED) is 0.245. The lowest BCUT2D eigenvalue weighted by atomic mass is 10.4. The second-order valence-corrected chi connectivity index (χ2v) is 6.36. The van der Waals surface area contributed by atoms with Crippen LogP contribution in [-0.4, -0.2) is 41.3 Å². The van der Waals surface area contributed by atoms with Gasteiger partial charge in [0.1, 0.15) is 6.61 Å². The molecule has 0 aromatic heterocycles. The topological polar surface area (TPSA) is 90.9 Å². The number of carbonyl (C=O) groups excluding carboxylic acids is 3. The fourth-order valence-corrected chi connectivity index (χ4v) is 1.15. The number of unbranched alkanes of at least 4 members (excludes halogenated alkanes) is 1. The van der Waals surface area contributed by atoms with Gasteiger partial charge in [0.2, 0.25) is 3.79 Å². The van der Waals surface area contributed by atoms with Gasteiger partial charge in [0.25, 0.3) is 6.23 Å². The number of hydrogen-bond acceptors (Lipinski definition) is 6. The van der Waals surface area contributed by atoms with Crippen LogP contribution in [0.1, 0.15) is 26.7 Å². The standard InChI is InChI=1S/C11H16Cl3NO6/c1-3-4-5-19-9(17)8(21-7(2)16)15-10(18)20-6-11(12,13)14/h8H,3-6H2,1-2H3,(H,15,18). The molecule has 1 atom stereocenters. The third-order valence-electron chi connectivity index (χ3n) is 1.86. The monoisotopic (exact) mass is 363 g/mol. The number of amides is 1. The maximum absolute atomic E-state index is 11.6. The van der Waals surface area contributed by atoms with Crippen molar-refractivity contribution in [2.45, 2.75) is 36.7 Å². The largest absolute Gasteiger partial charge is 0.462 e. The molecule has 122 valence electrons. The van der Waals surface area contributed by atoms with Crippen molar-refractivity contribution in [2.75, 3.05) is 13.2 Å². The SMILES string of the molecule is CCCCOC(=O)C(NC(=O)OCC(Cl)(Cl)Cl)OC(C)=O. The highest BCUT2D eigenvalue weighted by Crippen LogP contribution is 2.25. The number of nitrogens with one attached hydrogen (secondary N) is 1. The van der Waals surface area contributed by atoms with Gasteiger partial charge in [-0.1, -0.05) is 48.1 Å². The van der Waals surface area contributed by atoms with E-state index in [9.17, 15) is 14.4 Å². The van der Waals surface area contributed by atoms with Crippen molar-refractivity contribution in [2.24, 2.45) is 0 Å². The van der Waals surface area contributed by atoms with Crippen LogP contribution in [0.15, 0.2) is 0 Å². The minimum absolute atomic E-state index is 0.137. The van der Waals surface area contributed by atoms with E-state index in [4.69, 9.17) is 39.5 Å². The highest BCUT2D eigenvalue weighted by atomic mass is 35.6. The van der Waals surface area contributed by atoms with Crippen LogP contribution in [0, 0.1) is 0 Å². The lowest BCUT2D eigenvalue weighted by molar-refractivity contribution is -0.168. The van der Waals surface area contributed by atoms with Gasteiger partial charge in [0.15, 0.2) is 0 Å². The average Bonchev–Trinajstić information content (AvgIpc) is 2.34. The number of esters is 2. The minimum Gasteiger partial charge on any atom is -0.462 e. The van der Waals surface area contributed by atoms with E-state index in [0.717, 1.165) is 13.3 Å². The van der Waals surface area contributed by atoms with E-state index in [1.807, 2.05) is 12.2 Å². The molecule has 0 saturated carbocycles. The van der Waals surface area contributed by atoms with E-state index < -0.39 is 34.7 Å². The van der Waals surface area contributed by atoms with E-state index in [0.29, 0.717) is 6.42 Å². The smallest absolute Gasteiger partial charge is 0.410 e. The van der Waals surface area contributed by atoms with Crippen LogP contribution in [0.3, 0.4) is 0 Å². The molecule has 0 fully saturated rings. The average molecular weight is 365 g/mol. The fraction of sp³-hybridized carbons (Fsp3) is 0.727. The van der Waals surface area contributed by atoms with Crippen LogP contribution < -0.4 is 5.32 Å². The first-order valence-electron chi connectivity index (χ1n) is 5.99. The normalized spacial score (nSPS) is 12.2. The zero-order chi connectivity index (χ0) is 16.5. The number of alkyl carbamates (subject to hydrolysis) is 1. The first-order chi connectivity index (χ1) is 9.65. The first-order valence-corrected chi connectivity index (χ1v) is 7.13. The maximum atomic E-state index is 11.6. The number of rotatable bonds is 7. The minimum atomic E-state index is -1.80. The van der Waals surface area contributed by atoms with E-state index in [1.54, 1.807) is 0 Å². The van der Waals surface area contributed by atoms with E-state index >= 15 is 0 Å². The molecule has 21 heavy (non-hydrogen) atoms. The van der Waals surface area contributed by atoms with Crippen molar-refractivity contribution in [3.63, 3.8) is 0 Å². The number of alkyl halides is 3. The zero-order valence-electron chi connectivity index (χ0n) is 11.5. The van der Waals surface area contributed by atoms with Crippen molar-refractivity contribution in [1.29, 1.82) is 0 Å². The van der Waals surface area contributed by atoms with Crippen molar-refractivity contribution in [3.8, 4) is 0 Å². The molecular weight excluding hydrogens is 348 g/mol. The molecule has 0 radical (unpaired) electrons. The molecule has 0 rings (SSSR count). The summed E-state index contributed by atoms with van der Waals surface area (Å²) in [6.07, 6.45) is -1.28. The molecule has 0 aliphatic heterocycles. The molecule has 10 heteroatoms. The molecular formula is C11H16Cl3NO6. The van der Waals surface area contributed by atoms with Gasteiger partial charge >= 0.3 is 18.0 Å². The number of hydrogen-bond donors (Lipinski definition) is 1. The molecule has 1 amide bonds. The Balaban J connectivity index is 4.43. The molecule has 0 heterocycles. The van der Waals surface area contributed by atoms with Gasteiger partial charge in [-0.3, -0.25) is 10.1 Å². The van der Waals surface area contributed by atoms with E-state index in [-0.39, 0.29) is 6.61 Å². The van der Waals surface area contributed by atoms with Gasteiger partial charge < -0.3 is 14.2 Å². The molecule has 0 aliphatic rings. The van der Waals surface area contributed by atoms with Crippen molar-refractivity contribution in [3.05, 3.63) is 0 Å². The summed E-state index contributed by atoms with van der Waals surface area (Å²) in [4.78, 5) is 34.0. The lowest BCUT2D eigenvalue weighted by Crippen LogP contribution is -2.45. The highest BCUT2D eigenvalue weighted by Gasteiger charge is 2.28. The van der Waals surface area contributed by atoms with Gasteiger partial charge in [0.05, 0.1) is 6.61 Å². The Bertz CT molecular complexity index is 371. The number of carbonyl (C=O) groups is 3. The summed E-state index contributed by atoms with van der Waals surface area (Å²) in [5, 5.41) is 1.99.